The molecule has 1 heterocycles. The molecule has 0 spiro atoms. The fourth-order valence-electron chi connectivity index (χ4n) is 3.43. The lowest BCUT2D eigenvalue weighted by molar-refractivity contribution is 0.0937. The molecule has 0 fully saturated rings. The molecule has 5 heteroatoms. The van der Waals surface area contributed by atoms with Gasteiger partial charge in [0, 0.05) is 13.6 Å². The maximum Gasteiger partial charge on any atom is 0.206 e. The van der Waals surface area contributed by atoms with Crippen LogP contribution in [0.4, 0.5) is 5.95 Å². The van der Waals surface area contributed by atoms with Gasteiger partial charge >= 0.3 is 0 Å². The SMILES string of the molecule is CN(Cc1ccccc1)c1nc2ccccc2n1CC(O)COc1ccccc1. The zero-order valence-corrected chi connectivity index (χ0v) is 16.5. The first-order valence-corrected chi connectivity index (χ1v) is 9.77. The van der Waals surface area contributed by atoms with Crippen molar-refractivity contribution in [2.75, 3.05) is 18.6 Å². The van der Waals surface area contributed by atoms with Crippen molar-refractivity contribution in [3.05, 3.63) is 90.5 Å². The molecule has 1 N–H and O–H groups in total. The van der Waals surface area contributed by atoms with Gasteiger partial charge < -0.3 is 19.3 Å². The molecule has 1 atom stereocenters. The average molecular weight is 387 g/mol. The Morgan fingerprint density at radius 3 is 2.34 bits per heavy atom. The number of anilines is 1. The highest BCUT2D eigenvalue weighted by Gasteiger charge is 2.17. The van der Waals surface area contributed by atoms with E-state index in [1.807, 2.05) is 79.8 Å². The second kappa shape index (κ2) is 8.80. The first-order valence-electron chi connectivity index (χ1n) is 9.77. The van der Waals surface area contributed by atoms with Gasteiger partial charge in [0.25, 0.3) is 0 Å². The molecule has 4 rings (SSSR count). The number of ether oxygens (including phenoxy) is 1. The minimum atomic E-state index is -0.656. The Balaban J connectivity index is 1.54. The molecule has 0 aliphatic carbocycles. The predicted octanol–water partition coefficient (Wildman–Crippen LogP) is 4.11. The van der Waals surface area contributed by atoms with E-state index in [9.17, 15) is 5.11 Å². The molecule has 148 valence electrons. The summed E-state index contributed by atoms with van der Waals surface area (Å²) in [6.45, 7) is 1.36. The second-order valence-electron chi connectivity index (χ2n) is 7.13. The van der Waals surface area contributed by atoms with Crippen LogP contribution in [0.15, 0.2) is 84.9 Å². The summed E-state index contributed by atoms with van der Waals surface area (Å²) in [7, 11) is 2.03. The molecule has 29 heavy (non-hydrogen) atoms. The van der Waals surface area contributed by atoms with Crippen LogP contribution in [0.5, 0.6) is 5.75 Å². The molecule has 0 amide bonds. The van der Waals surface area contributed by atoms with Gasteiger partial charge in [0.2, 0.25) is 5.95 Å². The molecule has 1 unspecified atom stereocenters. The first-order chi connectivity index (χ1) is 14.2. The Kier molecular flexibility index (Phi) is 5.77. The predicted molar refractivity (Wildman–Crippen MR) is 116 cm³/mol. The Morgan fingerprint density at radius 2 is 1.59 bits per heavy atom. The molecular formula is C24H25N3O2. The number of rotatable bonds is 8. The molecule has 5 nitrogen and oxygen atoms in total. The molecule has 0 radical (unpaired) electrons. The van der Waals surface area contributed by atoms with Gasteiger partial charge in [-0.15, -0.1) is 0 Å². The van der Waals surface area contributed by atoms with Crippen molar-refractivity contribution in [2.45, 2.75) is 19.2 Å². The Bertz CT molecular complexity index is 1050. The number of nitrogens with zero attached hydrogens (tertiary/aromatic N) is 3. The van der Waals surface area contributed by atoms with E-state index in [1.165, 1.54) is 5.56 Å². The van der Waals surface area contributed by atoms with E-state index in [0.717, 1.165) is 29.3 Å². The van der Waals surface area contributed by atoms with E-state index in [0.29, 0.717) is 6.54 Å². The van der Waals surface area contributed by atoms with Crippen LogP contribution in [-0.4, -0.2) is 34.4 Å². The smallest absolute Gasteiger partial charge is 0.206 e. The van der Waals surface area contributed by atoms with Crippen LogP contribution < -0.4 is 9.64 Å². The van der Waals surface area contributed by atoms with Crippen LogP contribution >= 0.6 is 0 Å². The van der Waals surface area contributed by atoms with Crippen molar-refractivity contribution >= 4 is 17.0 Å². The summed E-state index contributed by atoms with van der Waals surface area (Å²) in [4.78, 5) is 6.93. The highest BCUT2D eigenvalue weighted by atomic mass is 16.5. The van der Waals surface area contributed by atoms with Crippen molar-refractivity contribution in [2.24, 2.45) is 0 Å². The molecule has 0 saturated heterocycles. The lowest BCUT2D eigenvalue weighted by atomic mass is 10.2. The third kappa shape index (κ3) is 4.58. The quantitative estimate of drug-likeness (QED) is 0.494. The van der Waals surface area contributed by atoms with Crippen molar-refractivity contribution < 1.29 is 9.84 Å². The summed E-state index contributed by atoms with van der Waals surface area (Å²) in [6.07, 6.45) is -0.656. The summed E-state index contributed by atoms with van der Waals surface area (Å²) in [5.41, 5.74) is 3.13. The molecule has 0 aliphatic heterocycles. The molecular weight excluding hydrogens is 362 g/mol. The van der Waals surface area contributed by atoms with Gasteiger partial charge in [-0.25, -0.2) is 4.98 Å². The van der Waals surface area contributed by atoms with Gasteiger partial charge in [0.15, 0.2) is 0 Å². The largest absolute Gasteiger partial charge is 0.491 e. The van der Waals surface area contributed by atoms with E-state index in [2.05, 4.69) is 21.6 Å². The van der Waals surface area contributed by atoms with Gasteiger partial charge in [0.05, 0.1) is 17.6 Å². The maximum atomic E-state index is 10.6. The fraction of sp³-hybridized carbons (Fsp3) is 0.208. The molecule has 4 aromatic rings. The zero-order valence-electron chi connectivity index (χ0n) is 16.5. The van der Waals surface area contributed by atoms with E-state index in [4.69, 9.17) is 9.72 Å². The number of hydrogen-bond donors (Lipinski definition) is 1. The summed E-state index contributed by atoms with van der Waals surface area (Å²) in [5, 5.41) is 10.6. The van der Waals surface area contributed by atoms with Crippen molar-refractivity contribution in [1.82, 2.24) is 9.55 Å². The van der Waals surface area contributed by atoms with Gasteiger partial charge in [-0.05, 0) is 29.8 Å². The second-order valence-corrected chi connectivity index (χ2v) is 7.13. The van der Waals surface area contributed by atoms with E-state index >= 15 is 0 Å². The van der Waals surface area contributed by atoms with Crippen LogP contribution in [0.25, 0.3) is 11.0 Å². The van der Waals surface area contributed by atoms with Gasteiger partial charge in [-0.2, -0.15) is 0 Å². The topological polar surface area (TPSA) is 50.5 Å². The average Bonchev–Trinajstić information content (AvgIpc) is 3.12. The standard InChI is InChI=1S/C24H25N3O2/c1-26(16-19-10-4-2-5-11-19)24-25-22-14-8-9-15-23(22)27(24)17-20(28)18-29-21-12-6-3-7-13-21/h2-15,20,28H,16-18H2,1H3. The number of para-hydroxylation sites is 3. The minimum absolute atomic E-state index is 0.221. The molecule has 0 saturated carbocycles. The van der Waals surface area contributed by atoms with Crippen LogP contribution in [0.3, 0.4) is 0 Å². The Morgan fingerprint density at radius 1 is 0.931 bits per heavy atom. The third-order valence-electron chi connectivity index (χ3n) is 4.82. The first kappa shape index (κ1) is 19.0. The van der Waals surface area contributed by atoms with Crippen molar-refractivity contribution in [3.8, 4) is 5.75 Å². The molecule has 1 aromatic heterocycles. The summed E-state index contributed by atoms with van der Waals surface area (Å²) >= 11 is 0. The summed E-state index contributed by atoms with van der Waals surface area (Å²) in [5.74, 6) is 1.58. The number of imidazole rings is 1. The van der Waals surface area contributed by atoms with Crippen molar-refractivity contribution in [1.29, 1.82) is 0 Å². The number of aliphatic hydroxyl groups is 1. The van der Waals surface area contributed by atoms with Crippen LogP contribution in [-0.2, 0) is 13.1 Å². The van der Waals surface area contributed by atoms with Crippen LogP contribution in [0.1, 0.15) is 5.56 Å². The number of fused-ring (bicyclic) bond motifs is 1. The fourth-order valence-corrected chi connectivity index (χ4v) is 3.43. The monoisotopic (exact) mass is 387 g/mol. The normalized spacial score (nSPS) is 12.1. The number of hydrogen-bond acceptors (Lipinski definition) is 4. The van der Waals surface area contributed by atoms with Crippen molar-refractivity contribution in [3.63, 3.8) is 0 Å². The van der Waals surface area contributed by atoms with Crippen LogP contribution in [0.2, 0.25) is 0 Å². The zero-order chi connectivity index (χ0) is 20.1. The third-order valence-corrected chi connectivity index (χ3v) is 4.82. The number of aliphatic hydroxyl groups excluding tert-OH is 1. The minimum Gasteiger partial charge on any atom is -0.491 e. The molecule has 3 aromatic carbocycles. The van der Waals surface area contributed by atoms with Gasteiger partial charge in [-0.1, -0.05) is 60.7 Å². The highest BCUT2D eigenvalue weighted by Crippen LogP contribution is 2.24. The lowest BCUT2D eigenvalue weighted by Crippen LogP contribution is -2.27. The maximum absolute atomic E-state index is 10.6. The van der Waals surface area contributed by atoms with E-state index in [-0.39, 0.29) is 6.61 Å². The Hall–Kier alpha value is -3.31. The Labute approximate surface area is 170 Å². The number of aromatic nitrogens is 2. The van der Waals surface area contributed by atoms with Gasteiger partial charge in [-0.3, -0.25) is 0 Å². The summed E-state index contributed by atoms with van der Waals surface area (Å²) in [6, 6.07) is 27.9. The highest BCUT2D eigenvalue weighted by molar-refractivity contribution is 5.78. The van der Waals surface area contributed by atoms with E-state index < -0.39 is 6.10 Å². The van der Waals surface area contributed by atoms with Gasteiger partial charge in [0.1, 0.15) is 18.5 Å². The van der Waals surface area contributed by atoms with Crippen LogP contribution in [0, 0.1) is 0 Å². The molecule has 0 bridgehead atoms. The summed E-state index contributed by atoms with van der Waals surface area (Å²) < 4.78 is 7.79. The molecule has 0 aliphatic rings. The lowest BCUT2D eigenvalue weighted by Gasteiger charge is -2.22. The number of benzene rings is 3. The van der Waals surface area contributed by atoms with E-state index in [1.54, 1.807) is 0 Å².